The zero-order valence-electron chi connectivity index (χ0n) is 7.11. The summed E-state index contributed by atoms with van der Waals surface area (Å²) in [5.74, 6) is 0. The molecule has 0 saturated heterocycles. The Morgan fingerprint density at radius 3 is 1.62 bits per heavy atom. The number of hydrogen-bond donors (Lipinski definition) is 6. The largest absolute Gasteiger partial charge is 0.396 e. The highest BCUT2D eigenvalue weighted by Gasteiger charge is 2.29. The van der Waals surface area contributed by atoms with E-state index in [1.165, 1.54) is 0 Å². The van der Waals surface area contributed by atoms with Gasteiger partial charge in [-0.15, -0.1) is 0 Å². The summed E-state index contributed by atoms with van der Waals surface area (Å²) in [6, 6.07) is 0. The predicted octanol–water partition coefficient (Wildman–Crippen LogP) is -3.20. The van der Waals surface area contributed by atoms with Crippen molar-refractivity contribution in [2.45, 2.75) is 30.8 Å². The lowest BCUT2D eigenvalue weighted by molar-refractivity contribution is -0.118. The quantitative estimate of drug-likeness (QED) is 0.266. The minimum Gasteiger partial charge on any atom is -0.396 e. The molecule has 80 valence electrons. The summed E-state index contributed by atoms with van der Waals surface area (Å²) in [5, 5.41) is 53.0. The average molecular weight is 196 g/mol. The highest BCUT2D eigenvalue weighted by molar-refractivity contribution is 4.80. The summed E-state index contributed by atoms with van der Waals surface area (Å²) >= 11 is 0. The Bertz CT molecular complexity index is 130. The standard InChI is InChI=1S/C7H16O6/c8-2-1-4(10)6(12)7(13)5(11)3-9/h4-13H,1-3H2. The van der Waals surface area contributed by atoms with E-state index in [-0.39, 0.29) is 13.0 Å². The molecule has 0 aliphatic heterocycles. The third-order valence-corrected chi connectivity index (χ3v) is 1.75. The van der Waals surface area contributed by atoms with Gasteiger partial charge in [0.1, 0.15) is 18.3 Å². The molecule has 0 heterocycles. The van der Waals surface area contributed by atoms with Crippen LogP contribution in [0.25, 0.3) is 0 Å². The molecule has 0 aliphatic carbocycles. The van der Waals surface area contributed by atoms with Gasteiger partial charge in [0, 0.05) is 6.61 Å². The summed E-state index contributed by atoms with van der Waals surface area (Å²) in [5.41, 5.74) is 0. The van der Waals surface area contributed by atoms with Gasteiger partial charge in [-0.2, -0.15) is 0 Å². The van der Waals surface area contributed by atoms with E-state index in [2.05, 4.69) is 0 Å². The minimum absolute atomic E-state index is 0.101. The third-order valence-electron chi connectivity index (χ3n) is 1.75. The van der Waals surface area contributed by atoms with E-state index in [1.807, 2.05) is 0 Å². The normalized spacial score (nSPS) is 20.8. The van der Waals surface area contributed by atoms with Gasteiger partial charge < -0.3 is 30.6 Å². The Labute approximate surface area is 75.7 Å². The monoisotopic (exact) mass is 196 g/mol. The molecule has 4 atom stereocenters. The van der Waals surface area contributed by atoms with E-state index < -0.39 is 31.0 Å². The molecule has 6 N–H and O–H groups in total. The van der Waals surface area contributed by atoms with Crippen molar-refractivity contribution in [3.8, 4) is 0 Å². The van der Waals surface area contributed by atoms with Gasteiger partial charge in [0.2, 0.25) is 0 Å². The first-order valence-corrected chi connectivity index (χ1v) is 3.98. The second-order valence-corrected chi connectivity index (χ2v) is 2.81. The van der Waals surface area contributed by atoms with Crippen molar-refractivity contribution in [1.82, 2.24) is 0 Å². The van der Waals surface area contributed by atoms with E-state index in [1.54, 1.807) is 0 Å². The van der Waals surface area contributed by atoms with Gasteiger partial charge in [0.15, 0.2) is 0 Å². The van der Waals surface area contributed by atoms with Crippen LogP contribution in [-0.4, -0.2) is 68.3 Å². The van der Waals surface area contributed by atoms with Crippen LogP contribution in [0.4, 0.5) is 0 Å². The van der Waals surface area contributed by atoms with Crippen molar-refractivity contribution in [3.63, 3.8) is 0 Å². The molecular weight excluding hydrogens is 180 g/mol. The highest BCUT2D eigenvalue weighted by atomic mass is 16.4. The number of rotatable bonds is 6. The summed E-state index contributed by atoms with van der Waals surface area (Å²) < 4.78 is 0. The highest BCUT2D eigenvalue weighted by Crippen LogP contribution is 2.07. The Morgan fingerprint density at radius 2 is 1.23 bits per heavy atom. The Hall–Kier alpha value is -0.240. The molecule has 0 saturated carbocycles. The fourth-order valence-electron chi connectivity index (χ4n) is 0.866. The van der Waals surface area contributed by atoms with Crippen molar-refractivity contribution in [2.75, 3.05) is 13.2 Å². The fraction of sp³-hybridized carbons (Fsp3) is 1.00. The van der Waals surface area contributed by atoms with Crippen LogP contribution in [-0.2, 0) is 0 Å². The van der Waals surface area contributed by atoms with Gasteiger partial charge in [-0.3, -0.25) is 0 Å². The van der Waals surface area contributed by atoms with Crippen molar-refractivity contribution < 1.29 is 30.6 Å². The molecule has 6 nitrogen and oxygen atoms in total. The molecule has 0 radical (unpaired) electrons. The van der Waals surface area contributed by atoms with Crippen molar-refractivity contribution >= 4 is 0 Å². The minimum atomic E-state index is -1.62. The van der Waals surface area contributed by atoms with Gasteiger partial charge in [0.25, 0.3) is 0 Å². The van der Waals surface area contributed by atoms with Crippen LogP contribution >= 0.6 is 0 Å². The van der Waals surface area contributed by atoms with Crippen LogP contribution in [0.2, 0.25) is 0 Å². The van der Waals surface area contributed by atoms with Gasteiger partial charge in [0.05, 0.1) is 12.7 Å². The van der Waals surface area contributed by atoms with Crippen molar-refractivity contribution in [3.05, 3.63) is 0 Å². The summed E-state index contributed by atoms with van der Waals surface area (Å²) in [4.78, 5) is 0. The maximum Gasteiger partial charge on any atom is 0.110 e. The van der Waals surface area contributed by atoms with Gasteiger partial charge in [-0.25, -0.2) is 0 Å². The lowest BCUT2D eigenvalue weighted by atomic mass is 10.0. The number of aliphatic hydroxyl groups is 6. The molecule has 0 rings (SSSR count). The van der Waals surface area contributed by atoms with Crippen LogP contribution in [0.1, 0.15) is 6.42 Å². The smallest absolute Gasteiger partial charge is 0.110 e. The molecule has 0 fully saturated rings. The molecule has 0 aromatic carbocycles. The van der Waals surface area contributed by atoms with Crippen LogP contribution in [0.5, 0.6) is 0 Å². The third kappa shape index (κ3) is 3.99. The Morgan fingerprint density at radius 1 is 0.769 bits per heavy atom. The topological polar surface area (TPSA) is 121 Å². The molecule has 0 aromatic heterocycles. The second-order valence-electron chi connectivity index (χ2n) is 2.81. The lowest BCUT2D eigenvalue weighted by Crippen LogP contribution is -2.46. The molecule has 6 heteroatoms. The van der Waals surface area contributed by atoms with E-state index in [4.69, 9.17) is 30.6 Å². The predicted molar refractivity (Wildman–Crippen MR) is 42.8 cm³/mol. The molecule has 0 amide bonds. The first-order chi connectivity index (χ1) is 6.04. The first-order valence-electron chi connectivity index (χ1n) is 3.98. The first kappa shape index (κ1) is 12.8. The zero-order chi connectivity index (χ0) is 10.4. The average Bonchev–Trinajstić information content (AvgIpc) is 2.14. The molecule has 0 spiro atoms. The number of hydrogen-bond acceptors (Lipinski definition) is 6. The zero-order valence-corrected chi connectivity index (χ0v) is 7.11. The molecule has 0 aliphatic rings. The molecule has 0 aromatic rings. The Balaban J connectivity index is 3.99. The maximum atomic E-state index is 9.14. The maximum absolute atomic E-state index is 9.14. The molecule has 4 unspecified atom stereocenters. The SMILES string of the molecule is OCCC(O)C(O)C(O)C(O)CO. The van der Waals surface area contributed by atoms with Gasteiger partial charge in [-0.1, -0.05) is 0 Å². The van der Waals surface area contributed by atoms with Crippen molar-refractivity contribution in [1.29, 1.82) is 0 Å². The van der Waals surface area contributed by atoms with E-state index in [9.17, 15) is 0 Å². The molecular formula is C7H16O6. The second kappa shape index (κ2) is 6.25. The molecule has 0 bridgehead atoms. The summed E-state index contributed by atoms with van der Waals surface area (Å²) in [7, 11) is 0. The summed E-state index contributed by atoms with van der Waals surface area (Å²) in [6.45, 7) is -1.04. The van der Waals surface area contributed by atoms with E-state index in [0.29, 0.717) is 0 Å². The number of aliphatic hydroxyl groups excluding tert-OH is 6. The van der Waals surface area contributed by atoms with Crippen LogP contribution in [0.3, 0.4) is 0 Å². The lowest BCUT2D eigenvalue weighted by Gasteiger charge is -2.25. The van der Waals surface area contributed by atoms with Crippen LogP contribution in [0, 0.1) is 0 Å². The summed E-state index contributed by atoms with van der Waals surface area (Å²) in [6.07, 6.45) is -6.11. The van der Waals surface area contributed by atoms with Gasteiger partial charge in [-0.05, 0) is 6.42 Å². The van der Waals surface area contributed by atoms with E-state index >= 15 is 0 Å². The Kier molecular flexibility index (Phi) is 6.13. The molecule has 13 heavy (non-hydrogen) atoms. The van der Waals surface area contributed by atoms with Gasteiger partial charge >= 0.3 is 0 Å². The van der Waals surface area contributed by atoms with Crippen LogP contribution in [0.15, 0.2) is 0 Å². The van der Waals surface area contributed by atoms with Crippen LogP contribution < -0.4 is 0 Å². The van der Waals surface area contributed by atoms with Crippen molar-refractivity contribution in [2.24, 2.45) is 0 Å². The van der Waals surface area contributed by atoms with E-state index in [0.717, 1.165) is 0 Å². The fourth-order valence-corrected chi connectivity index (χ4v) is 0.866.